The maximum absolute atomic E-state index is 6.03. The Morgan fingerprint density at radius 2 is 2.00 bits per heavy atom. The average Bonchev–Trinajstić information content (AvgIpc) is 2.48. The number of anilines is 1. The normalized spacial score (nSPS) is 10.4. The van der Waals surface area contributed by atoms with Crippen LogP contribution in [0.5, 0.6) is 5.75 Å². The van der Waals surface area contributed by atoms with E-state index >= 15 is 0 Å². The third kappa shape index (κ3) is 4.43. The van der Waals surface area contributed by atoms with Crippen LogP contribution in [-0.4, -0.2) is 4.99 Å². The van der Waals surface area contributed by atoms with Crippen LogP contribution in [0.4, 0.5) is 5.69 Å². The second-order valence-corrected chi connectivity index (χ2v) is 6.88. The fourth-order valence-electron chi connectivity index (χ4n) is 2.17. The second-order valence-electron chi connectivity index (χ2n) is 5.23. The van der Waals surface area contributed by atoms with Gasteiger partial charge in [-0.15, -0.1) is 0 Å². The Bertz CT molecular complexity index is 685. The van der Waals surface area contributed by atoms with E-state index in [1.54, 1.807) is 0 Å². The maximum Gasteiger partial charge on any atom is 0.122 e. The van der Waals surface area contributed by atoms with Crippen molar-refractivity contribution in [2.75, 3.05) is 5.32 Å². The Hall–Kier alpha value is -1.14. The van der Waals surface area contributed by atoms with E-state index in [4.69, 9.17) is 17.0 Å². The highest BCUT2D eigenvalue weighted by Gasteiger charge is 2.09. The van der Waals surface area contributed by atoms with Gasteiger partial charge in [0.15, 0.2) is 0 Å². The smallest absolute Gasteiger partial charge is 0.122 e. The first kappa shape index (κ1) is 17.2. The highest BCUT2D eigenvalue weighted by molar-refractivity contribution is 14.1. The van der Waals surface area contributed by atoms with Crippen LogP contribution in [0.15, 0.2) is 36.4 Å². The predicted octanol–water partition coefficient (Wildman–Crippen LogP) is 5.64. The van der Waals surface area contributed by atoms with Crippen molar-refractivity contribution in [1.82, 2.24) is 0 Å². The molecule has 0 aromatic heterocycles. The summed E-state index contributed by atoms with van der Waals surface area (Å²) in [5, 5.41) is 3.31. The number of benzene rings is 2. The van der Waals surface area contributed by atoms with E-state index in [0.29, 0.717) is 6.61 Å². The standard InChI is InChI=1S/C18H20INOS/c1-4-18(22)20-16-7-5-6-15(19)14(16)11-21-17-9-8-12(2)10-13(17)3/h5-10H,4,11H2,1-3H3,(H,20,22). The summed E-state index contributed by atoms with van der Waals surface area (Å²) in [5.74, 6) is 0.925. The number of hydrogen-bond donors (Lipinski definition) is 1. The van der Waals surface area contributed by atoms with E-state index in [0.717, 1.165) is 34.0 Å². The minimum absolute atomic E-state index is 0.525. The number of halogens is 1. The molecule has 0 bridgehead atoms. The van der Waals surface area contributed by atoms with E-state index in [2.05, 4.69) is 66.9 Å². The largest absolute Gasteiger partial charge is 0.489 e. The Morgan fingerprint density at radius 3 is 2.68 bits per heavy atom. The molecule has 1 N–H and O–H groups in total. The Kier molecular flexibility index (Phi) is 6.20. The van der Waals surface area contributed by atoms with Crippen LogP contribution in [0.25, 0.3) is 0 Å². The zero-order valence-electron chi connectivity index (χ0n) is 13.1. The van der Waals surface area contributed by atoms with Gasteiger partial charge >= 0.3 is 0 Å². The van der Waals surface area contributed by atoms with Gasteiger partial charge in [0, 0.05) is 14.8 Å². The predicted molar refractivity (Wildman–Crippen MR) is 106 cm³/mol. The van der Waals surface area contributed by atoms with Crippen LogP contribution in [0.1, 0.15) is 30.0 Å². The number of rotatable bonds is 5. The molecule has 2 rings (SSSR count). The molecular formula is C18H20INOS. The lowest BCUT2D eigenvalue weighted by atomic mass is 10.1. The SMILES string of the molecule is CCC(=S)Nc1cccc(I)c1COc1ccc(C)cc1C. The zero-order chi connectivity index (χ0) is 16.1. The lowest BCUT2D eigenvalue weighted by Crippen LogP contribution is -2.11. The van der Waals surface area contributed by atoms with Crippen LogP contribution >= 0.6 is 34.8 Å². The first-order chi connectivity index (χ1) is 10.5. The van der Waals surface area contributed by atoms with Crippen LogP contribution in [0, 0.1) is 17.4 Å². The quantitative estimate of drug-likeness (QED) is 0.495. The molecule has 0 aliphatic rings. The fraction of sp³-hybridized carbons (Fsp3) is 0.278. The molecule has 2 aromatic carbocycles. The first-order valence-electron chi connectivity index (χ1n) is 7.28. The molecule has 0 atom stereocenters. The van der Waals surface area contributed by atoms with Gasteiger partial charge in [0.05, 0.1) is 4.99 Å². The Morgan fingerprint density at radius 1 is 1.23 bits per heavy atom. The van der Waals surface area contributed by atoms with Gasteiger partial charge in [-0.3, -0.25) is 0 Å². The van der Waals surface area contributed by atoms with Crippen molar-refractivity contribution in [3.8, 4) is 5.75 Å². The number of aryl methyl sites for hydroxylation is 2. The van der Waals surface area contributed by atoms with Crippen molar-refractivity contribution in [3.05, 3.63) is 56.7 Å². The number of thiocarbonyl (C=S) groups is 1. The summed E-state index contributed by atoms with van der Waals surface area (Å²) in [4.78, 5) is 0.842. The van der Waals surface area contributed by atoms with E-state index in [-0.39, 0.29) is 0 Å². The molecule has 2 nitrogen and oxygen atoms in total. The molecule has 0 aliphatic heterocycles. The molecule has 2 aromatic rings. The highest BCUT2D eigenvalue weighted by atomic mass is 127. The molecule has 4 heteroatoms. The molecule has 0 saturated heterocycles. The van der Waals surface area contributed by atoms with Crippen molar-refractivity contribution in [3.63, 3.8) is 0 Å². The lowest BCUT2D eigenvalue weighted by Gasteiger charge is -2.16. The van der Waals surface area contributed by atoms with Crippen molar-refractivity contribution >= 4 is 45.5 Å². The van der Waals surface area contributed by atoms with Crippen LogP contribution in [0.2, 0.25) is 0 Å². The number of hydrogen-bond acceptors (Lipinski definition) is 2. The highest BCUT2D eigenvalue weighted by Crippen LogP contribution is 2.26. The molecule has 0 amide bonds. The van der Waals surface area contributed by atoms with Gasteiger partial charge in [-0.25, -0.2) is 0 Å². The fourth-order valence-corrected chi connectivity index (χ4v) is 2.94. The number of ether oxygens (including phenoxy) is 1. The summed E-state index contributed by atoms with van der Waals surface area (Å²) < 4.78 is 7.20. The van der Waals surface area contributed by atoms with Gasteiger partial charge in [-0.05, 0) is 66.6 Å². The van der Waals surface area contributed by atoms with E-state index in [1.807, 2.05) is 18.2 Å². The molecule has 0 spiro atoms. The van der Waals surface area contributed by atoms with E-state index in [1.165, 1.54) is 9.13 Å². The topological polar surface area (TPSA) is 21.3 Å². The average molecular weight is 425 g/mol. The van der Waals surface area contributed by atoms with Gasteiger partial charge in [0.2, 0.25) is 0 Å². The molecule has 22 heavy (non-hydrogen) atoms. The summed E-state index contributed by atoms with van der Waals surface area (Å²) in [6, 6.07) is 12.4. The second kappa shape index (κ2) is 7.92. The minimum Gasteiger partial charge on any atom is -0.489 e. The molecule has 0 saturated carbocycles. The summed E-state index contributed by atoms with van der Waals surface area (Å²) >= 11 is 7.64. The van der Waals surface area contributed by atoms with Gasteiger partial charge < -0.3 is 10.1 Å². The molecule has 0 fully saturated rings. The first-order valence-corrected chi connectivity index (χ1v) is 8.77. The molecule has 116 valence electrons. The molecule has 0 aliphatic carbocycles. The van der Waals surface area contributed by atoms with Crippen LogP contribution in [0.3, 0.4) is 0 Å². The van der Waals surface area contributed by atoms with Crippen LogP contribution < -0.4 is 10.1 Å². The van der Waals surface area contributed by atoms with E-state index < -0.39 is 0 Å². The van der Waals surface area contributed by atoms with Gasteiger partial charge in [-0.1, -0.05) is 42.9 Å². The van der Waals surface area contributed by atoms with Crippen molar-refractivity contribution in [1.29, 1.82) is 0 Å². The van der Waals surface area contributed by atoms with E-state index in [9.17, 15) is 0 Å². The maximum atomic E-state index is 6.03. The van der Waals surface area contributed by atoms with Crippen molar-refractivity contribution < 1.29 is 4.74 Å². The summed E-state index contributed by atoms with van der Waals surface area (Å²) in [6.07, 6.45) is 0.832. The zero-order valence-corrected chi connectivity index (χ0v) is 16.0. The summed E-state index contributed by atoms with van der Waals surface area (Å²) in [5.41, 5.74) is 4.57. The Labute approximate surface area is 151 Å². The summed E-state index contributed by atoms with van der Waals surface area (Å²) in [7, 11) is 0. The van der Waals surface area contributed by atoms with Crippen molar-refractivity contribution in [2.45, 2.75) is 33.8 Å². The molecule has 0 unspecified atom stereocenters. The third-order valence-corrected chi connectivity index (χ3v) is 4.82. The van der Waals surface area contributed by atoms with Gasteiger partial charge in [0.25, 0.3) is 0 Å². The van der Waals surface area contributed by atoms with Crippen LogP contribution in [-0.2, 0) is 6.61 Å². The minimum atomic E-state index is 0.525. The van der Waals surface area contributed by atoms with Gasteiger partial charge in [0.1, 0.15) is 12.4 Å². The van der Waals surface area contributed by atoms with Gasteiger partial charge in [-0.2, -0.15) is 0 Å². The van der Waals surface area contributed by atoms with Crippen molar-refractivity contribution in [2.24, 2.45) is 0 Å². The molecule has 0 heterocycles. The Balaban J connectivity index is 2.19. The summed E-state index contributed by atoms with van der Waals surface area (Å²) in [6.45, 7) is 6.74. The molecular weight excluding hydrogens is 405 g/mol. The lowest BCUT2D eigenvalue weighted by molar-refractivity contribution is 0.304. The number of nitrogens with one attached hydrogen (secondary N) is 1. The molecule has 0 radical (unpaired) electrons. The third-order valence-electron chi connectivity index (χ3n) is 3.42. The monoisotopic (exact) mass is 425 g/mol.